The second-order valence-corrected chi connectivity index (χ2v) is 5.07. The molecule has 0 radical (unpaired) electrons. The summed E-state index contributed by atoms with van der Waals surface area (Å²) in [6, 6.07) is 8.05. The fourth-order valence-electron chi connectivity index (χ4n) is 1.55. The number of benzene rings is 1. The van der Waals surface area contributed by atoms with Crippen LogP contribution in [0.5, 0.6) is 0 Å². The van der Waals surface area contributed by atoms with Crippen molar-refractivity contribution in [1.82, 2.24) is 10.3 Å². The molecule has 0 aliphatic rings. The molecule has 6 heteroatoms. The smallest absolute Gasteiger partial charge is 0.172 e. The molecule has 3 nitrogen and oxygen atoms in total. The Morgan fingerprint density at radius 2 is 2.05 bits per heavy atom. The third-order valence-corrected chi connectivity index (χ3v) is 3.30. The Hall–Kier alpha value is -1.72. The zero-order valence-electron chi connectivity index (χ0n) is 10.8. The van der Waals surface area contributed by atoms with Crippen LogP contribution in [0.1, 0.15) is 11.1 Å². The first kappa shape index (κ1) is 14.7. The number of pyridine rings is 1. The first-order valence-electron chi connectivity index (χ1n) is 5.96. The van der Waals surface area contributed by atoms with Crippen molar-refractivity contribution in [3.05, 3.63) is 58.5 Å². The maximum atomic E-state index is 12.8. The first-order chi connectivity index (χ1) is 9.54. The lowest BCUT2D eigenvalue weighted by atomic mass is 10.2. The van der Waals surface area contributed by atoms with Crippen molar-refractivity contribution < 1.29 is 4.39 Å². The lowest BCUT2D eigenvalue weighted by Gasteiger charge is -2.10. The van der Waals surface area contributed by atoms with Crippen LogP contribution in [-0.4, -0.2) is 10.1 Å². The van der Waals surface area contributed by atoms with Gasteiger partial charge < -0.3 is 10.6 Å². The van der Waals surface area contributed by atoms with Crippen molar-refractivity contribution in [1.29, 1.82) is 0 Å². The molecular formula is C14H13ClFN3S. The quantitative estimate of drug-likeness (QED) is 0.848. The fourth-order valence-corrected chi connectivity index (χ4v) is 1.83. The standard InChI is InChI=1S/C14H13ClFN3S/c1-9-6-13(17-8-12(9)15)19-14(20)18-7-10-2-4-11(16)5-3-10/h2-6,8H,7H2,1H3,(H2,17,18,19,20). The number of halogens is 2. The Morgan fingerprint density at radius 1 is 1.35 bits per heavy atom. The molecule has 0 saturated heterocycles. The summed E-state index contributed by atoms with van der Waals surface area (Å²) >= 11 is 11.1. The van der Waals surface area contributed by atoms with Gasteiger partial charge in [-0.25, -0.2) is 9.37 Å². The molecule has 0 fully saturated rings. The van der Waals surface area contributed by atoms with E-state index in [1.165, 1.54) is 12.1 Å². The SMILES string of the molecule is Cc1cc(NC(=S)NCc2ccc(F)cc2)ncc1Cl. The van der Waals surface area contributed by atoms with Crippen LogP contribution in [0.25, 0.3) is 0 Å². The summed E-state index contributed by atoms with van der Waals surface area (Å²) in [6.07, 6.45) is 1.57. The molecule has 0 spiro atoms. The highest BCUT2D eigenvalue weighted by Gasteiger charge is 2.02. The summed E-state index contributed by atoms with van der Waals surface area (Å²) in [6.45, 7) is 2.41. The van der Waals surface area contributed by atoms with E-state index in [0.717, 1.165) is 11.1 Å². The van der Waals surface area contributed by atoms with Gasteiger partial charge in [-0.2, -0.15) is 0 Å². The minimum absolute atomic E-state index is 0.254. The van der Waals surface area contributed by atoms with Crippen LogP contribution >= 0.6 is 23.8 Å². The minimum atomic E-state index is -0.254. The molecule has 1 aromatic heterocycles. The molecule has 20 heavy (non-hydrogen) atoms. The van der Waals surface area contributed by atoms with Crippen LogP contribution in [0.2, 0.25) is 5.02 Å². The van der Waals surface area contributed by atoms with Crippen molar-refractivity contribution in [2.75, 3.05) is 5.32 Å². The number of hydrogen-bond donors (Lipinski definition) is 2. The van der Waals surface area contributed by atoms with Gasteiger partial charge in [0.1, 0.15) is 11.6 Å². The largest absolute Gasteiger partial charge is 0.358 e. The highest BCUT2D eigenvalue weighted by atomic mass is 35.5. The molecule has 0 bridgehead atoms. The number of aromatic nitrogens is 1. The molecule has 0 aliphatic heterocycles. The number of anilines is 1. The van der Waals surface area contributed by atoms with Crippen molar-refractivity contribution in [3.8, 4) is 0 Å². The third kappa shape index (κ3) is 4.15. The molecule has 1 heterocycles. The topological polar surface area (TPSA) is 37.0 Å². The van der Waals surface area contributed by atoms with E-state index in [0.29, 0.717) is 22.5 Å². The van der Waals surface area contributed by atoms with Crippen molar-refractivity contribution in [2.24, 2.45) is 0 Å². The maximum Gasteiger partial charge on any atom is 0.172 e. The zero-order valence-corrected chi connectivity index (χ0v) is 12.4. The maximum absolute atomic E-state index is 12.8. The van der Waals surface area contributed by atoms with Gasteiger partial charge in [-0.3, -0.25) is 0 Å². The average molecular weight is 310 g/mol. The molecule has 0 unspecified atom stereocenters. The molecule has 0 amide bonds. The van der Waals surface area contributed by atoms with E-state index in [1.54, 1.807) is 18.3 Å². The van der Waals surface area contributed by atoms with Crippen LogP contribution in [0.15, 0.2) is 36.5 Å². The van der Waals surface area contributed by atoms with Gasteiger partial charge in [0.15, 0.2) is 5.11 Å². The minimum Gasteiger partial charge on any atom is -0.358 e. The molecular weight excluding hydrogens is 297 g/mol. The summed E-state index contributed by atoms with van der Waals surface area (Å²) < 4.78 is 12.8. The van der Waals surface area contributed by atoms with Gasteiger partial charge in [-0.05, 0) is 48.5 Å². The number of nitrogens with zero attached hydrogens (tertiary/aromatic N) is 1. The van der Waals surface area contributed by atoms with Crippen molar-refractivity contribution in [3.63, 3.8) is 0 Å². The number of thiocarbonyl (C=S) groups is 1. The second-order valence-electron chi connectivity index (χ2n) is 4.25. The second kappa shape index (κ2) is 6.63. The van der Waals surface area contributed by atoms with E-state index in [-0.39, 0.29) is 5.82 Å². The zero-order chi connectivity index (χ0) is 14.5. The molecule has 0 aliphatic carbocycles. The van der Waals surface area contributed by atoms with Crippen LogP contribution < -0.4 is 10.6 Å². The molecule has 2 rings (SSSR count). The van der Waals surface area contributed by atoms with Crippen LogP contribution in [0.3, 0.4) is 0 Å². The Balaban J connectivity index is 1.89. The average Bonchev–Trinajstić information content (AvgIpc) is 2.42. The number of aryl methyl sites for hydroxylation is 1. The van der Waals surface area contributed by atoms with Gasteiger partial charge >= 0.3 is 0 Å². The predicted molar refractivity (Wildman–Crippen MR) is 83.4 cm³/mol. The molecule has 0 atom stereocenters. The first-order valence-corrected chi connectivity index (χ1v) is 6.74. The van der Waals surface area contributed by atoms with Crippen LogP contribution in [-0.2, 0) is 6.54 Å². The van der Waals surface area contributed by atoms with Crippen molar-refractivity contribution >= 4 is 34.7 Å². The van der Waals surface area contributed by atoms with E-state index in [4.69, 9.17) is 23.8 Å². The Labute approximate surface area is 127 Å². The van der Waals surface area contributed by atoms with E-state index in [9.17, 15) is 4.39 Å². The van der Waals surface area contributed by atoms with Gasteiger partial charge in [0, 0.05) is 12.7 Å². The lowest BCUT2D eigenvalue weighted by molar-refractivity contribution is 0.627. The highest BCUT2D eigenvalue weighted by molar-refractivity contribution is 7.80. The number of hydrogen-bond acceptors (Lipinski definition) is 2. The summed E-state index contributed by atoms with van der Waals surface area (Å²) in [5, 5.41) is 7.05. The van der Waals surface area contributed by atoms with Crippen LogP contribution in [0.4, 0.5) is 10.2 Å². The summed E-state index contributed by atoms with van der Waals surface area (Å²) in [4.78, 5) is 4.13. The Kier molecular flexibility index (Phi) is 4.87. The van der Waals surface area contributed by atoms with Gasteiger partial charge in [0.05, 0.1) is 5.02 Å². The van der Waals surface area contributed by atoms with E-state index < -0.39 is 0 Å². The lowest BCUT2D eigenvalue weighted by Crippen LogP contribution is -2.28. The van der Waals surface area contributed by atoms with E-state index in [2.05, 4.69) is 15.6 Å². The molecule has 0 saturated carbocycles. The van der Waals surface area contributed by atoms with Gasteiger partial charge in [-0.1, -0.05) is 23.7 Å². The van der Waals surface area contributed by atoms with Gasteiger partial charge in [-0.15, -0.1) is 0 Å². The molecule has 2 N–H and O–H groups in total. The van der Waals surface area contributed by atoms with Gasteiger partial charge in [0.25, 0.3) is 0 Å². The predicted octanol–water partition coefficient (Wildman–Crippen LogP) is 3.67. The number of nitrogens with one attached hydrogen (secondary N) is 2. The Morgan fingerprint density at radius 3 is 2.70 bits per heavy atom. The highest BCUT2D eigenvalue weighted by Crippen LogP contribution is 2.16. The third-order valence-electron chi connectivity index (χ3n) is 2.65. The van der Waals surface area contributed by atoms with Crippen molar-refractivity contribution in [2.45, 2.75) is 13.5 Å². The fraction of sp³-hybridized carbons (Fsp3) is 0.143. The normalized spacial score (nSPS) is 10.2. The summed E-state index contributed by atoms with van der Waals surface area (Å²) in [5.41, 5.74) is 1.86. The van der Waals surface area contributed by atoms with Crippen LogP contribution in [0, 0.1) is 12.7 Å². The number of rotatable bonds is 3. The molecule has 2 aromatic rings. The van der Waals surface area contributed by atoms with E-state index >= 15 is 0 Å². The Bertz CT molecular complexity index is 616. The summed E-state index contributed by atoms with van der Waals surface area (Å²) in [7, 11) is 0. The molecule has 1 aromatic carbocycles. The van der Waals surface area contributed by atoms with E-state index in [1.807, 2.05) is 13.0 Å². The van der Waals surface area contributed by atoms with Gasteiger partial charge in [0.2, 0.25) is 0 Å². The molecule has 104 valence electrons. The summed E-state index contributed by atoms with van der Waals surface area (Å²) in [5.74, 6) is 0.374. The monoisotopic (exact) mass is 309 g/mol.